The smallest absolute Gasteiger partial charge is 0.295 e. The highest BCUT2D eigenvalue weighted by molar-refractivity contribution is 5.90. The Morgan fingerprint density at radius 2 is 2.29 bits per heavy atom. The molecule has 1 aromatic heterocycles. The lowest BCUT2D eigenvalue weighted by atomic mass is 10.1. The molecule has 2 aliphatic rings. The molecule has 0 radical (unpaired) electrons. The Kier molecular flexibility index (Phi) is 4.50. The van der Waals surface area contributed by atoms with Crippen LogP contribution >= 0.6 is 0 Å². The van der Waals surface area contributed by atoms with E-state index in [0.29, 0.717) is 12.4 Å². The number of nitrogens with one attached hydrogen (secondary N) is 1. The topological polar surface area (TPSA) is 80.5 Å². The number of likely N-dealkylation sites (N-methyl/N-ethyl adjacent to an activating group) is 1. The van der Waals surface area contributed by atoms with Crippen LogP contribution in [0.15, 0.2) is 4.52 Å². The first-order valence-corrected chi connectivity index (χ1v) is 7.68. The van der Waals surface area contributed by atoms with E-state index in [1.807, 2.05) is 0 Å². The second-order valence-corrected chi connectivity index (χ2v) is 5.78. The van der Waals surface area contributed by atoms with Crippen molar-refractivity contribution in [2.45, 2.75) is 44.2 Å². The van der Waals surface area contributed by atoms with E-state index in [-0.39, 0.29) is 23.9 Å². The van der Waals surface area contributed by atoms with Crippen molar-refractivity contribution in [2.24, 2.45) is 0 Å². The monoisotopic (exact) mass is 294 g/mol. The van der Waals surface area contributed by atoms with Gasteiger partial charge in [-0.3, -0.25) is 4.79 Å². The Hall–Kier alpha value is -1.47. The summed E-state index contributed by atoms with van der Waals surface area (Å²) < 4.78 is 10.9. The molecule has 2 fully saturated rings. The number of nitrogens with zero attached hydrogens (tertiary/aromatic N) is 3. The molecule has 3 rings (SSSR count). The summed E-state index contributed by atoms with van der Waals surface area (Å²) in [6.45, 7) is 2.31. The van der Waals surface area contributed by atoms with Crippen LogP contribution in [-0.4, -0.2) is 53.8 Å². The average molecular weight is 294 g/mol. The van der Waals surface area contributed by atoms with Gasteiger partial charge in [-0.25, -0.2) is 0 Å². The fourth-order valence-electron chi connectivity index (χ4n) is 2.87. The van der Waals surface area contributed by atoms with Crippen molar-refractivity contribution in [3.63, 3.8) is 0 Å². The Bertz CT molecular complexity index is 478. The van der Waals surface area contributed by atoms with Gasteiger partial charge in [0.15, 0.2) is 0 Å². The molecule has 2 aliphatic heterocycles. The normalized spacial score (nSPS) is 26.0. The van der Waals surface area contributed by atoms with E-state index in [4.69, 9.17) is 9.26 Å². The van der Waals surface area contributed by atoms with Gasteiger partial charge >= 0.3 is 0 Å². The minimum atomic E-state index is -0.211. The maximum Gasteiger partial charge on any atom is 0.295 e. The third-order valence-electron chi connectivity index (χ3n) is 4.09. The zero-order valence-electron chi connectivity index (χ0n) is 12.4. The molecule has 1 aromatic rings. The Morgan fingerprint density at radius 1 is 1.38 bits per heavy atom. The van der Waals surface area contributed by atoms with Gasteiger partial charge in [0, 0.05) is 20.2 Å². The molecule has 7 heteroatoms. The Balaban J connectivity index is 1.58. The molecule has 2 saturated heterocycles. The first kappa shape index (κ1) is 14.5. The average Bonchev–Trinajstić information content (AvgIpc) is 3.18. The third kappa shape index (κ3) is 3.41. The largest absolute Gasteiger partial charge is 0.376 e. The quantitative estimate of drug-likeness (QED) is 0.897. The van der Waals surface area contributed by atoms with Gasteiger partial charge in [-0.2, -0.15) is 4.98 Å². The molecule has 7 nitrogen and oxygen atoms in total. The van der Waals surface area contributed by atoms with Crippen molar-refractivity contribution in [3.05, 3.63) is 11.7 Å². The first-order chi connectivity index (χ1) is 10.2. The van der Waals surface area contributed by atoms with E-state index >= 15 is 0 Å². The molecule has 116 valence electrons. The van der Waals surface area contributed by atoms with Crippen LogP contribution in [0.2, 0.25) is 0 Å². The standard InChI is InChI=1S/C14H22N4O3/c1-18(9-10-5-2-3-8-20-10)14(19)12-16-13(21-17-12)11-6-4-7-15-11/h10-11,15H,2-9H2,1H3. The summed E-state index contributed by atoms with van der Waals surface area (Å²) in [6, 6.07) is 0.0889. The molecule has 0 saturated carbocycles. The Morgan fingerprint density at radius 3 is 3.00 bits per heavy atom. The zero-order chi connectivity index (χ0) is 14.7. The second-order valence-electron chi connectivity index (χ2n) is 5.78. The molecular formula is C14H22N4O3. The number of hydrogen-bond donors (Lipinski definition) is 1. The highest BCUT2D eigenvalue weighted by Crippen LogP contribution is 2.21. The summed E-state index contributed by atoms with van der Waals surface area (Å²) in [5, 5.41) is 7.10. The summed E-state index contributed by atoms with van der Waals surface area (Å²) in [5.41, 5.74) is 0. The van der Waals surface area contributed by atoms with Crippen molar-refractivity contribution in [1.29, 1.82) is 0 Å². The highest BCUT2D eigenvalue weighted by Gasteiger charge is 2.26. The molecule has 1 N–H and O–H groups in total. The van der Waals surface area contributed by atoms with Gasteiger partial charge in [0.1, 0.15) is 0 Å². The number of ether oxygens (including phenoxy) is 1. The predicted octanol–water partition coefficient (Wildman–Crippen LogP) is 1.14. The maximum absolute atomic E-state index is 12.3. The molecule has 0 bridgehead atoms. The summed E-state index contributed by atoms with van der Waals surface area (Å²) in [7, 11) is 1.75. The first-order valence-electron chi connectivity index (χ1n) is 7.68. The number of aromatic nitrogens is 2. The number of carbonyl (C=O) groups excluding carboxylic acids is 1. The summed E-state index contributed by atoms with van der Waals surface area (Å²) in [5.74, 6) is 0.437. The molecule has 3 heterocycles. The van der Waals surface area contributed by atoms with Gasteiger partial charge in [0.25, 0.3) is 11.7 Å². The van der Waals surface area contributed by atoms with Crippen LogP contribution in [0.3, 0.4) is 0 Å². The zero-order valence-corrected chi connectivity index (χ0v) is 12.4. The Labute approximate surface area is 124 Å². The van der Waals surface area contributed by atoms with Gasteiger partial charge in [-0.05, 0) is 38.6 Å². The molecule has 2 atom stereocenters. The molecule has 2 unspecified atom stereocenters. The lowest BCUT2D eigenvalue weighted by Gasteiger charge is -2.26. The van der Waals surface area contributed by atoms with Gasteiger partial charge < -0.3 is 19.5 Å². The van der Waals surface area contributed by atoms with E-state index in [9.17, 15) is 4.79 Å². The van der Waals surface area contributed by atoms with Crippen molar-refractivity contribution < 1.29 is 14.1 Å². The van der Waals surface area contributed by atoms with E-state index in [1.54, 1.807) is 11.9 Å². The minimum absolute atomic E-state index is 0.0889. The van der Waals surface area contributed by atoms with E-state index in [1.165, 1.54) is 0 Å². The van der Waals surface area contributed by atoms with Crippen LogP contribution in [0.1, 0.15) is 54.7 Å². The van der Waals surface area contributed by atoms with E-state index in [2.05, 4.69) is 15.5 Å². The molecule has 0 aliphatic carbocycles. The fraction of sp³-hybridized carbons (Fsp3) is 0.786. The summed E-state index contributed by atoms with van der Waals surface area (Å²) in [4.78, 5) is 18.2. The van der Waals surface area contributed by atoms with Crippen molar-refractivity contribution in [3.8, 4) is 0 Å². The lowest BCUT2D eigenvalue weighted by molar-refractivity contribution is -0.000452. The molecule has 0 aromatic carbocycles. The maximum atomic E-state index is 12.3. The molecule has 21 heavy (non-hydrogen) atoms. The number of amides is 1. The predicted molar refractivity (Wildman–Crippen MR) is 74.8 cm³/mol. The van der Waals surface area contributed by atoms with Crippen LogP contribution in [-0.2, 0) is 4.74 Å². The number of rotatable bonds is 4. The fourth-order valence-corrected chi connectivity index (χ4v) is 2.87. The lowest BCUT2D eigenvalue weighted by Crippen LogP contribution is -2.37. The SMILES string of the molecule is CN(CC1CCCCO1)C(=O)c1noc(C2CCCN2)n1. The second kappa shape index (κ2) is 6.53. The van der Waals surface area contributed by atoms with Crippen LogP contribution in [0.5, 0.6) is 0 Å². The van der Waals surface area contributed by atoms with Gasteiger partial charge in [0.05, 0.1) is 12.1 Å². The third-order valence-corrected chi connectivity index (χ3v) is 4.09. The highest BCUT2D eigenvalue weighted by atomic mass is 16.5. The van der Waals surface area contributed by atoms with Gasteiger partial charge in [-0.1, -0.05) is 5.16 Å². The van der Waals surface area contributed by atoms with Crippen molar-refractivity contribution in [1.82, 2.24) is 20.4 Å². The summed E-state index contributed by atoms with van der Waals surface area (Å²) in [6.07, 6.45) is 5.46. The number of hydrogen-bond acceptors (Lipinski definition) is 6. The van der Waals surface area contributed by atoms with Crippen LogP contribution in [0, 0.1) is 0 Å². The van der Waals surface area contributed by atoms with Crippen LogP contribution in [0.25, 0.3) is 0 Å². The van der Waals surface area contributed by atoms with Crippen molar-refractivity contribution in [2.75, 3.05) is 26.7 Å². The molecular weight excluding hydrogens is 272 g/mol. The number of carbonyl (C=O) groups is 1. The van der Waals surface area contributed by atoms with Gasteiger partial charge in [0.2, 0.25) is 5.89 Å². The molecule has 0 spiro atoms. The van der Waals surface area contributed by atoms with Crippen LogP contribution < -0.4 is 5.32 Å². The van der Waals surface area contributed by atoms with Crippen molar-refractivity contribution >= 4 is 5.91 Å². The summed E-state index contributed by atoms with van der Waals surface area (Å²) >= 11 is 0. The van der Waals surface area contributed by atoms with E-state index < -0.39 is 0 Å². The van der Waals surface area contributed by atoms with Gasteiger partial charge in [-0.15, -0.1) is 0 Å². The van der Waals surface area contributed by atoms with Crippen LogP contribution in [0.4, 0.5) is 0 Å². The minimum Gasteiger partial charge on any atom is -0.376 e. The van der Waals surface area contributed by atoms with E-state index in [0.717, 1.165) is 45.3 Å². The molecule has 1 amide bonds.